The maximum Gasteiger partial charge on any atom is 0.123 e. The molecule has 1 saturated heterocycles. The van der Waals surface area contributed by atoms with Crippen molar-refractivity contribution >= 4 is 0 Å². The molecule has 0 amide bonds. The van der Waals surface area contributed by atoms with Crippen LogP contribution in [0.4, 0.5) is 0 Å². The van der Waals surface area contributed by atoms with E-state index >= 15 is 0 Å². The zero-order valence-electron chi connectivity index (χ0n) is 20.1. The van der Waals surface area contributed by atoms with Crippen molar-refractivity contribution in [3.8, 4) is 5.75 Å². The average molecular weight is 417 g/mol. The van der Waals surface area contributed by atoms with Crippen molar-refractivity contribution in [2.24, 2.45) is 0 Å². The molecule has 1 unspecified atom stereocenters. The molecule has 1 atom stereocenters. The first-order chi connectivity index (χ1) is 14.7. The molecule has 0 bridgehead atoms. The van der Waals surface area contributed by atoms with Gasteiger partial charge in [-0.15, -0.1) is 0 Å². The van der Waals surface area contributed by atoms with Gasteiger partial charge in [-0.1, -0.05) is 115 Å². The highest BCUT2D eigenvalue weighted by molar-refractivity contribution is 5.27. The van der Waals surface area contributed by atoms with Crippen molar-refractivity contribution in [1.82, 2.24) is 0 Å². The fraction of sp³-hybridized carbons (Fsp3) is 0.786. The summed E-state index contributed by atoms with van der Waals surface area (Å²) in [6.45, 7) is 5.87. The summed E-state index contributed by atoms with van der Waals surface area (Å²) in [5, 5.41) is 0. The first kappa shape index (κ1) is 25.2. The second-order valence-electron chi connectivity index (χ2n) is 9.72. The lowest BCUT2D eigenvalue weighted by atomic mass is 10.0. The Hall–Kier alpha value is -1.02. The number of benzene rings is 1. The lowest BCUT2D eigenvalue weighted by Gasteiger charge is -2.09. The van der Waals surface area contributed by atoms with E-state index in [1.807, 2.05) is 0 Å². The Balaban J connectivity index is 1.31. The summed E-state index contributed by atoms with van der Waals surface area (Å²) in [6, 6.07) is 8.65. The summed E-state index contributed by atoms with van der Waals surface area (Å²) in [6.07, 6.45) is 24.1. The number of rotatable bonds is 20. The summed E-state index contributed by atoms with van der Waals surface area (Å²) >= 11 is 0. The van der Waals surface area contributed by atoms with Gasteiger partial charge in [0.05, 0.1) is 6.61 Å². The summed E-state index contributed by atoms with van der Waals surface area (Å²) in [7, 11) is 0. The minimum atomic E-state index is -0.0355. The number of epoxide rings is 1. The van der Waals surface area contributed by atoms with Gasteiger partial charge in [0.2, 0.25) is 0 Å². The zero-order chi connectivity index (χ0) is 21.3. The Labute approximate surface area is 187 Å². The molecule has 2 nitrogen and oxygen atoms in total. The van der Waals surface area contributed by atoms with E-state index < -0.39 is 0 Å². The van der Waals surface area contributed by atoms with Crippen molar-refractivity contribution in [3.05, 3.63) is 29.8 Å². The monoisotopic (exact) mass is 416 g/mol. The summed E-state index contributed by atoms with van der Waals surface area (Å²) in [4.78, 5) is 0. The fourth-order valence-corrected chi connectivity index (χ4v) is 4.07. The number of ether oxygens (including phenoxy) is 2. The molecule has 1 aromatic carbocycles. The Morgan fingerprint density at radius 2 is 1.13 bits per heavy atom. The van der Waals surface area contributed by atoms with Crippen molar-refractivity contribution in [2.45, 2.75) is 129 Å². The summed E-state index contributed by atoms with van der Waals surface area (Å²) in [5.74, 6) is 0.961. The van der Waals surface area contributed by atoms with Crippen LogP contribution in [0, 0.1) is 0 Å². The lowest BCUT2D eigenvalue weighted by molar-refractivity contribution is 0.202. The maximum absolute atomic E-state index is 5.80. The van der Waals surface area contributed by atoms with Gasteiger partial charge >= 0.3 is 0 Å². The zero-order valence-corrected chi connectivity index (χ0v) is 20.1. The predicted molar refractivity (Wildman–Crippen MR) is 130 cm³/mol. The van der Waals surface area contributed by atoms with Gasteiger partial charge in [-0.3, -0.25) is 0 Å². The number of unbranched alkanes of at least 4 members (excludes halogenated alkanes) is 15. The third-order valence-electron chi connectivity index (χ3n) is 6.42. The molecular weight excluding hydrogens is 368 g/mol. The number of hydrogen-bond acceptors (Lipinski definition) is 2. The minimum absolute atomic E-state index is 0.0355. The van der Waals surface area contributed by atoms with Crippen LogP contribution in [-0.4, -0.2) is 18.8 Å². The van der Waals surface area contributed by atoms with Gasteiger partial charge in [0.25, 0.3) is 0 Å². The smallest absolute Gasteiger partial charge is 0.123 e. The van der Waals surface area contributed by atoms with E-state index in [0.29, 0.717) is 6.61 Å². The van der Waals surface area contributed by atoms with Crippen molar-refractivity contribution in [1.29, 1.82) is 0 Å². The fourth-order valence-electron chi connectivity index (χ4n) is 4.07. The molecule has 0 saturated carbocycles. The Morgan fingerprint density at radius 3 is 1.57 bits per heavy atom. The van der Waals surface area contributed by atoms with E-state index in [1.165, 1.54) is 115 Å². The molecule has 0 aromatic heterocycles. The van der Waals surface area contributed by atoms with Crippen LogP contribution in [0.3, 0.4) is 0 Å². The van der Waals surface area contributed by atoms with Gasteiger partial charge in [-0.05, 0) is 37.5 Å². The third-order valence-corrected chi connectivity index (χ3v) is 6.42. The van der Waals surface area contributed by atoms with Crippen LogP contribution in [0.15, 0.2) is 24.3 Å². The molecule has 172 valence electrons. The van der Waals surface area contributed by atoms with Gasteiger partial charge in [-0.2, -0.15) is 0 Å². The maximum atomic E-state index is 5.80. The quantitative estimate of drug-likeness (QED) is 0.157. The molecular formula is C28H48O2. The van der Waals surface area contributed by atoms with Crippen LogP contribution in [0.1, 0.15) is 122 Å². The second kappa shape index (κ2) is 15.7. The minimum Gasteiger partial charge on any atom is -0.491 e. The third kappa shape index (κ3) is 12.6. The summed E-state index contributed by atoms with van der Waals surface area (Å²) in [5.41, 5.74) is 1.40. The van der Waals surface area contributed by atoms with E-state index in [1.54, 1.807) is 0 Å². The normalized spacial score (nSPS) is 17.9. The lowest BCUT2D eigenvalue weighted by Crippen LogP contribution is -2.16. The van der Waals surface area contributed by atoms with E-state index in [4.69, 9.17) is 9.47 Å². The van der Waals surface area contributed by atoms with Crippen LogP contribution >= 0.6 is 0 Å². The molecule has 0 spiro atoms. The van der Waals surface area contributed by atoms with E-state index in [0.717, 1.165) is 12.4 Å². The Morgan fingerprint density at radius 1 is 0.700 bits per heavy atom. The SMILES string of the molecule is CCCCCCCCCCCCCCCCCCc1ccc(OCC2(C)CO2)cc1. The average Bonchev–Trinajstić information content (AvgIpc) is 3.50. The van der Waals surface area contributed by atoms with Crippen LogP contribution in [0.25, 0.3) is 0 Å². The molecule has 1 aliphatic rings. The molecule has 1 fully saturated rings. The Bertz CT molecular complexity index is 518. The van der Waals surface area contributed by atoms with E-state index in [-0.39, 0.29) is 5.60 Å². The highest BCUT2D eigenvalue weighted by Crippen LogP contribution is 2.27. The van der Waals surface area contributed by atoms with Gasteiger partial charge in [0.1, 0.15) is 18.0 Å². The number of aryl methyl sites for hydroxylation is 1. The van der Waals surface area contributed by atoms with E-state index in [9.17, 15) is 0 Å². The molecule has 1 heterocycles. The Kier molecular flexibility index (Phi) is 13.2. The van der Waals surface area contributed by atoms with Crippen LogP contribution in [-0.2, 0) is 11.2 Å². The van der Waals surface area contributed by atoms with Crippen molar-refractivity contribution in [2.75, 3.05) is 13.2 Å². The molecule has 0 aliphatic carbocycles. The van der Waals surface area contributed by atoms with Gasteiger partial charge in [0.15, 0.2) is 0 Å². The summed E-state index contributed by atoms with van der Waals surface area (Å²) < 4.78 is 11.2. The van der Waals surface area contributed by atoms with Gasteiger partial charge in [-0.25, -0.2) is 0 Å². The number of hydrogen-bond donors (Lipinski definition) is 0. The van der Waals surface area contributed by atoms with Crippen molar-refractivity contribution < 1.29 is 9.47 Å². The molecule has 1 aromatic rings. The first-order valence-corrected chi connectivity index (χ1v) is 13.1. The van der Waals surface area contributed by atoms with Crippen LogP contribution in [0.5, 0.6) is 5.75 Å². The largest absolute Gasteiger partial charge is 0.491 e. The molecule has 1 aliphatic heterocycles. The molecule has 0 radical (unpaired) electrons. The molecule has 2 rings (SSSR count). The second-order valence-corrected chi connectivity index (χ2v) is 9.72. The molecule has 0 N–H and O–H groups in total. The standard InChI is InChI=1S/C28H48O2/c1-3-4-5-6-7-8-9-10-11-12-13-14-15-16-17-18-19-26-20-22-27(23-21-26)29-24-28(2)25-30-28/h20-23H,3-19,24-25H2,1-2H3. The van der Waals surface area contributed by atoms with E-state index in [2.05, 4.69) is 38.1 Å². The highest BCUT2D eigenvalue weighted by atomic mass is 16.6. The predicted octanol–water partition coefficient (Wildman–Crippen LogP) is 8.66. The first-order valence-electron chi connectivity index (χ1n) is 13.1. The van der Waals surface area contributed by atoms with Crippen molar-refractivity contribution in [3.63, 3.8) is 0 Å². The highest BCUT2D eigenvalue weighted by Gasteiger charge is 2.40. The van der Waals surface area contributed by atoms with Crippen LogP contribution < -0.4 is 4.74 Å². The molecule has 2 heteroatoms. The molecule has 30 heavy (non-hydrogen) atoms. The van der Waals surface area contributed by atoms with Crippen LogP contribution in [0.2, 0.25) is 0 Å². The van der Waals surface area contributed by atoms with Gasteiger partial charge < -0.3 is 9.47 Å². The van der Waals surface area contributed by atoms with Gasteiger partial charge in [0, 0.05) is 0 Å². The topological polar surface area (TPSA) is 21.8 Å².